The summed E-state index contributed by atoms with van der Waals surface area (Å²) in [6.45, 7) is 0. The van der Waals surface area contributed by atoms with Crippen LogP contribution in [0.25, 0.3) is 11.1 Å². The molecule has 1 atom stereocenters. The van der Waals surface area contributed by atoms with Crippen molar-refractivity contribution in [3.05, 3.63) is 59.7 Å². The van der Waals surface area contributed by atoms with Crippen LogP contribution < -0.4 is 0 Å². The monoisotopic (exact) mass is 296 g/mol. The Morgan fingerprint density at radius 1 is 1.05 bits per heavy atom. The van der Waals surface area contributed by atoms with E-state index >= 15 is 0 Å². The number of aliphatic carboxylic acids is 1. The van der Waals surface area contributed by atoms with Crippen LogP contribution in [0.5, 0.6) is 0 Å². The van der Waals surface area contributed by atoms with E-state index in [-0.39, 0.29) is 12.3 Å². The molecule has 0 radical (unpaired) electrons. The van der Waals surface area contributed by atoms with Crippen molar-refractivity contribution >= 4 is 11.9 Å². The average molecular weight is 296 g/mol. The topological polar surface area (TPSA) is 63.6 Å². The second kappa shape index (κ2) is 5.64. The van der Waals surface area contributed by atoms with Crippen LogP contribution in [-0.4, -0.2) is 24.2 Å². The van der Waals surface area contributed by atoms with Gasteiger partial charge in [-0.2, -0.15) is 0 Å². The molecule has 4 nitrogen and oxygen atoms in total. The minimum Gasteiger partial charge on any atom is -0.481 e. The predicted molar refractivity (Wildman–Crippen MR) is 81.5 cm³/mol. The molecule has 0 spiro atoms. The number of methoxy groups -OCH3 is 1. The molecule has 2 aromatic rings. The molecule has 0 amide bonds. The van der Waals surface area contributed by atoms with Gasteiger partial charge in [0.05, 0.1) is 19.4 Å². The van der Waals surface area contributed by atoms with Crippen LogP contribution in [0.4, 0.5) is 0 Å². The number of hydrogen-bond acceptors (Lipinski definition) is 3. The molecule has 0 fully saturated rings. The van der Waals surface area contributed by atoms with Gasteiger partial charge in [0, 0.05) is 5.92 Å². The lowest BCUT2D eigenvalue weighted by molar-refractivity contribution is -0.150. The number of carbonyl (C=O) groups excluding carboxylic acids is 1. The molecule has 1 aliphatic rings. The Morgan fingerprint density at radius 3 is 2.00 bits per heavy atom. The number of carboxylic acid groups (broad SMARTS) is 1. The third-order valence-electron chi connectivity index (χ3n) is 4.22. The molecule has 0 bridgehead atoms. The normalized spacial score (nSPS) is 14.0. The van der Waals surface area contributed by atoms with Crippen LogP contribution in [0.3, 0.4) is 0 Å². The summed E-state index contributed by atoms with van der Waals surface area (Å²) < 4.78 is 4.66. The first kappa shape index (κ1) is 14.3. The van der Waals surface area contributed by atoms with Gasteiger partial charge in [-0.05, 0) is 22.3 Å². The highest BCUT2D eigenvalue weighted by Gasteiger charge is 2.39. The van der Waals surface area contributed by atoms with Crippen LogP contribution in [0.15, 0.2) is 48.5 Å². The smallest absolute Gasteiger partial charge is 0.308 e. The molecule has 3 rings (SSSR count). The summed E-state index contributed by atoms with van der Waals surface area (Å²) in [4.78, 5) is 23.4. The number of benzene rings is 2. The molecule has 2 aromatic carbocycles. The molecular weight excluding hydrogens is 280 g/mol. The zero-order valence-electron chi connectivity index (χ0n) is 12.2. The highest BCUT2D eigenvalue weighted by atomic mass is 16.5. The van der Waals surface area contributed by atoms with E-state index in [0.29, 0.717) is 0 Å². The van der Waals surface area contributed by atoms with Crippen molar-refractivity contribution in [3.63, 3.8) is 0 Å². The Bertz CT molecular complexity index is 690. The highest BCUT2D eigenvalue weighted by molar-refractivity contribution is 5.85. The van der Waals surface area contributed by atoms with Gasteiger partial charge in [0.25, 0.3) is 0 Å². The number of hydrogen-bond donors (Lipinski definition) is 1. The lowest BCUT2D eigenvalue weighted by Crippen LogP contribution is -2.25. The van der Waals surface area contributed by atoms with Gasteiger partial charge in [0.15, 0.2) is 0 Å². The van der Waals surface area contributed by atoms with Gasteiger partial charge in [0.1, 0.15) is 0 Å². The van der Waals surface area contributed by atoms with Gasteiger partial charge >= 0.3 is 11.9 Å². The van der Waals surface area contributed by atoms with Gasteiger partial charge in [-0.3, -0.25) is 9.59 Å². The van der Waals surface area contributed by atoms with E-state index in [2.05, 4.69) is 4.74 Å². The summed E-state index contributed by atoms with van der Waals surface area (Å²) in [5.74, 6) is -2.66. The summed E-state index contributed by atoms with van der Waals surface area (Å²) in [6.07, 6.45) is -0.140. The molecular formula is C18H16O4. The fraction of sp³-hybridized carbons (Fsp3) is 0.222. The van der Waals surface area contributed by atoms with Gasteiger partial charge < -0.3 is 9.84 Å². The molecule has 22 heavy (non-hydrogen) atoms. The lowest BCUT2D eigenvalue weighted by atomic mass is 9.82. The Balaban J connectivity index is 2.12. The first-order chi connectivity index (χ1) is 10.6. The minimum atomic E-state index is -0.984. The average Bonchev–Trinajstić information content (AvgIpc) is 2.86. The van der Waals surface area contributed by atoms with E-state index in [1.807, 2.05) is 48.5 Å². The highest BCUT2D eigenvalue weighted by Crippen LogP contribution is 2.48. The number of fused-ring (bicyclic) bond motifs is 3. The van der Waals surface area contributed by atoms with Gasteiger partial charge in [-0.1, -0.05) is 48.5 Å². The van der Waals surface area contributed by atoms with Gasteiger partial charge in [-0.15, -0.1) is 0 Å². The zero-order chi connectivity index (χ0) is 15.7. The van der Waals surface area contributed by atoms with Crippen molar-refractivity contribution < 1.29 is 19.4 Å². The summed E-state index contributed by atoms with van der Waals surface area (Å²) in [7, 11) is 1.28. The maximum absolute atomic E-state index is 11.7. The van der Waals surface area contributed by atoms with Crippen LogP contribution in [0.1, 0.15) is 23.5 Å². The quantitative estimate of drug-likeness (QED) is 0.881. The zero-order valence-corrected chi connectivity index (χ0v) is 12.2. The van der Waals surface area contributed by atoms with Crippen LogP contribution >= 0.6 is 0 Å². The number of ether oxygens (including phenoxy) is 1. The van der Waals surface area contributed by atoms with E-state index in [1.165, 1.54) is 7.11 Å². The third-order valence-corrected chi connectivity index (χ3v) is 4.22. The maximum Gasteiger partial charge on any atom is 0.308 e. The second-order valence-corrected chi connectivity index (χ2v) is 5.38. The molecule has 0 saturated heterocycles. The maximum atomic E-state index is 11.7. The SMILES string of the molecule is COC(=O)CC(C(=O)O)C1c2ccccc2-c2ccccc21. The standard InChI is InChI=1S/C18H16O4/c1-22-16(19)10-15(18(20)21)17-13-8-4-2-6-11(13)12-7-3-5-9-14(12)17/h2-9,15,17H,10H2,1H3,(H,20,21). The summed E-state index contributed by atoms with van der Waals surface area (Å²) in [5.41, 5.74) is 4.00. The molecule has 0 heterocycles. The van der Waals surface area contributed by atoms with Crippen LogP contribution in [0.2, 0.25) is 0 Å². The first-order valence-electron chi connectivity index (χ1n) is 7.11. The Morgan fingerprint density at radius 2 is 1.55 bits per heavy atom. The van der Waals surface area contributed by atoms with E-state index in [9.17, 15) is 14.7 Å². The largest absolute Gasteiger partial charge is 0.481 e. The molecule has 0 saturated carbocycles. The fourth-order valence-electron chi connectivity index (χ4n) is 3.24. The number of esters is 1. The van der Waals surface area contributed by atoms with Gasteiger partial charge in [0.2, 0.25) is 0 Å². The molecule has 112 valence electrons. The Kier molecular flexibility index (Phi) is 3.67. The van der Waals surface area contributed by atoms with E-state index in [1.54, 1.807) is 0 Å². The Hall–Kier alpha value is -2.62. The predicted octanol–water partition coefficient (Wildman–Crippen LogP) is 3.06. The first-order valence-corrected chi connectivity index (χ1v) is 7.11. The van der Waals surface area contributed by atoms with Crippen molar-refractivity contribution in [2.75, 3.05) is 7.11 Å². The van der Waals surface area contributed by atoms with Crippen molar-refractivity contribution in [2.24, 2.45) is 5.92 Å². The third kappa shape index (κ3) is 2.26. The Labute approximate surface area is 128 Å². The van der Waals surface area contributed by atoms with Crippen molar-refractivity contribution in [2.45, 2.75) is 12.3 Å². The lowest BCUT2D eigenvalue weighted by Gasteiger charge is -2.21. The van der Waals surface area contributed by atoms with E-state index < -0.39 is 17.9 Å². The summed E-state index contributed by atoms with van der Waals surface area (Å²) in [6, 6.07) is 15.5. The van der Waals surface area contributed by atoms with Gasteiger partial charge in [-0.25, -0.2) is 0 Å². The number of rotatable bonds is 4. The van der Waals surface area contributed by atoms with Crippen molar-refractivity contribution in [1.82, 2.24) is 0 Å². The van der Waals surface area contributed by atoms with E-state index in [0.717, 1.165) is 22.3 Å². The molecule has 0 aromatic heterocycles. The molecule has 1 aliphatic carbocycles. The number of carbonyl (C=O) groups is 2. The molecule has 4 heteroatoms. The summed E-state index contributed by atoms with van der Waals surface area (Å²) >= 11 is 0. The minimum absolute atomic E-state index is 0.140. The molecule has 1 N–H and O–H groups in total. The van der Waals surface area contributed by atoms with Crippen LogP contribution in [-0.2, 0) is 14.3 Å². The van der Waals surface area contributed by atoms with Crippen molar-refractivity contribution in [3.8, 4) is 11.1 Å². The number of carboxylic acids is 1. The van der Waals surface area contributed by atoms with Crippen LogP contribution in [0, 0.1) is 5.92 Å². The summed E-state index contributed by atoms with van der Waals surface area (Å²) in [5, 5.41) is 9.62. The van der Waals surface area contributed by atoms with Crippen molar-refractivity contribution in [1.29, 1.82) is 0 Å². The second-order valence-electron chi connectivity index (χ2n) is 5.38. The van der Waals surface area contributed by atoms with E-state index in [4.69, 9.17) is 0 Å². The fourth-order valence-corrected chi connectivity index (χ4v) is 3.24. The molecule has 0 aliphatic heterocycles. The molecule has 1 unspecified atom stereocenters.